The number of amides is 2. The molecule has 0 saturated carbocycles. The van der Waals surface area contributed by atoms with Gasteiger partial charge in [0, 0.05) is 37.4 Å². The molecule has 1 saturated heterocycles. The molecule has 0 aromatic heterocycles. The molecular formula is C29H28N2O6. The summed E-state index contributed by atoms with van der Waals surface area (Å²) in [6, 6.07) is 16.0. The molecule has 0 radical (unpaired) electrons. The maximum atomic E-state index is 13.5. The lowest BCUT2D eigenvalue weighted by Gasteiger charge is -2.21. The van der Waals surface area contributed by atoms with Gasteiger partial charge in [-0.2, -0.15) is 0 Å². The molecule has 0 spiro atoms. The Balaban J connectivity index is 1.35. The molecule has 0 unspecified atom stereocenters. The van der Waals surface area contributed by atoms with Gasteiger partial charge in [-0.25, -0.2) is 0 Å². The quantitative estimate of drug-likeness (QED) is 0.556. The number of ether oxygens (including phenoxy) is 3. The van der Waals surface area contributed by atoms with Crippen LogP contribution in [0, 0.1) is 0 Å². The first-order valence-electron chi connectivity index (χ1n) is 12.5. The van der Waals surface area contributed by atoms with Gasteiger partial charge >= 0.3 is 0 Å². The van der Waals surface area contributed by atoms with E-state index >= 15 is 0 Å². The molecule has 2 amide bonds. The van der Waals surface area contributed by atoms with E-state index in [1.165, 1.54) is 0 Å². The van der Waals surface area contributed by atoms with Gasteiger partial charge in [0.1, 0.15) is 5.75 Å². The van der Waals surface area contributed by atoms with Gasteiger partial charge < -0.3 is 29.5 Å². The summed E-state index contributed by atoms with van der Waals surface area (Å²) in [5.74, 6) is 1.83. The van der Waals surface area contributed by atoms with Crippen molar-refractivity contribution in [3.63, 3.8) is 0 Å². The zero-order chi connectivity index (χ0) is 25.5. The van der Waals surface area contributed by atoms with Crippen LogP contribution in [0.1, 0.15) is 39.4 Å². The number of methoxy groups -OCH3 is 1. The van der Waals surface area contributed by atoms with Crippen molar-refractivity contribution in [1.29, 1.82) is 0 Å². The summed E-state index contributed by atoms with van der Waals surface area (Å²) < 4.78 is 17.2. The summed E-state index contributed by atoms with van der Waals surface area (Å²) in [5, 5.41) is 13.6. The van der Waals surface area contributed by atoms with E-state index in [4.69, 9.17) is 14.2 Å². The van der Waals surface area contributed by atoms with Crippen LogP contribution in [0.5, 0.6) is 28.7 Å². The number of nitrogens with zero attached hydrogens (tertiary/aromatic N) is 1. The van der Waals surface area contributed by atoms with Crippen LogP contribution in [-0.2, 0) is 17.6 Å². The summed E-state index contributed by atoms with van der Waals surface area (Å²) >= 11 is 0. The Hall–Kier alpha value is -4.20. The van der Waals surface area contributed by atoms with Crippen LogP contribution in [0.4, 0.5) is 0 Å². The monoisotopic (exact) mass is 500 g/mol. The maximum Gasteiger partial charge on any atom is 0.253 e. The van der Waals surface area contributed by atoms with Gasteiger partial charge in [-0.3, -0.25) is 9.59 Å². The fourth-order valence-electron chi connectivity index (χ4n) is 5.41. The number of phenols is 1. The largest absolute Gasteiger partial charge is 0.504 e. The average Bonchev–Trinajstić information content (AvgIpc) is 3.55. The first kappa shape index (κ1) is 23.2. The highest BCUT2D eigenvalue weighted by Gasteiger charge is 2.38. The van der Waals surface area contributed by atoms with E-state index in [-0.39, 0.29) is 35.9 Å². The second-order valence-corrected chi connectivity index (χ2v) is 9.73. The Bertz CT molecular complexity index is 1390. The number of hydrogen-bond acceptors (Lipinski definition) is 6. The van der Waals surface area contributed by atoms with Crippen molar-refractivity contribution in [2.75, 3.05) is 26.8 Å². The van der Waals surface area contributed by atoms with E-state index in [2.05, 4.69) is 5.32 Å². The van der Waals surface area contributed by atoms with Crippen LogP contribution in [0.25, 0.3) is 0 Å². The molecule has 6 rings (SSSR count). The minimum absolute atomic E-state index is 0.00536. The number of rotatable bonds is 2. The molecule has 2 atom stereocenters. The van der Waals surface area contributed by atoms with Gasteiger partial charge in [0.05, 0.1) is 19.8 Å². The van der Waals surface area contributed by atoms with Crippen LogP contribution in [-0.4, -0.2) is 54.7 Å². The normalized spacial score (nSPS) is 20.2. The predicted octanol–water partition coefficient (Wildman–Crippen LogP) is 3.80. The minimum atomic E-state index is -0.257. The molecule has 1 fully saturated rings. The SMILES string of the molecule is COc1ccc2cc1Oc1cc(ccc1O)CCC(=O)N[C@@H]1CN(C(=O)c3ccc4c(c3)CCO4)C[C@@H]21. The van der Waals surface area contributed by atoms with Crippen molar-refractivity contribution in [3.8, 4) is 28.7 Å². The number of carbonyl (C=O) groups is 2. The van der Waals surface area contributed by atoms with Gasteiger partial charge in [-0.05, 0) is 65.6 Å². The summed E-state index contributed by atoms with van der Waals surface area (Å²) in [4.78, 5) is 28.3. The van der Waals surface area contributed by atoms with Crippen LogP contribution in [0.15, 0.2) is 54.6 Å². The standard InChI is InChI=1S/C29H28N2O6/c1-35-25-8-4-18-14-27(25)37-26-12-17(2-6-23(26)32)3-9-28(33)30-22-16-31(15-21(18)22)29(34)20-5-7-24-19(13-20)10-11-36-24/h2,4-8,12-14,21-22,32H,3,9-11,15-16H2,1H3,(H,30,33)/t21-,22+/m0/s1. The van der Waals surface area contributed by atoms with Crippen LogP contribution < -0.4 is 19.5 Å². The number of fused-ring (bicyclic) bond motifs is 7. The number of hydrogen-bond donors (Lipinski definition) is 2. The van der Waals surface area contributed by atoms with E-state index < -0.39 is 0 Å². The Kier molecular flexibility index (Phi) is 5.87. The number of likely N-dealkylation sites (tertiary alicyclic amines) is 1. The van der Waals surface area contributed by atoms with E-state index in [0.29, 0.717) is 48.9 Å². The topological polar surface area (TPSA) is 97.3 Å². The second-order valence-electron chi connectivity index (χ2n) is 9.73. The number of phenolic OH excluding ortho intramolecular Hbond substituents is 1. The van der Waals surface area contributed by atoms with Gasteiger partial charge in [-0.15, -0.1) is 0 Å². The van der Waals surface area contributed by atoms with Crippen molar-refractivity contribution in [1.82, 2.24) is 10.2 Å². The molecule has 37 heavy (non-hydrogen) atoms. The molecule has 3 aliphatic rings. The summed E-state index contributed by atoms with van der Waals surface area (Å²) in [6.07, 6.45) is 1.57. The van der Waals surface area contributed by atoms with Gasteiger partial charge in [0.2, 0.25) is 5.91 Å². The van der Waals surface area contributed by atoms with Gasteiger partial charge in [-0.1, -0.05) is 12.1 Å². The predicted molar refractivity (Wildman–Crippen MR) is 136 cm³/mol. The van der Waals surface area contributed by atoms with Crippen molar-refractivity contribution < 1.29 is 28.9 Å². The van der Waals surface area contributed by atoms with E-state index in [9.17, 15) is 14.7 Å². The molecule has 3 aromatic carbocycles. The third kappa shape index (κ3) is 4.43. The number of aromatic hydroxyl groups is 1. The molecule has 190 valence electrons. The van der Waals surface area contributed by atoms with Crippen LogP contribution in [0.3, 0.4) is 0 Å². The lowest BCUT2D eigenvalue weighted by atomic mass is 9.93. The fourth-order valence-corrected chi connectivity index (χ4v) is 5.41. The molecule has 4 bridgehead atoms. The van der Waals surface area contributed by atoms with Crippen molar-refractivity contribution in [3.05, 3.63) is 76.9 Å². The first-order chi connectivity index (χ1) is 18.0. The third-order valence-corrected chi connectivity index (χ3v) is 7.39. The molecule has 8 heteroatoms. The molecule has 3 heterocycles. The van der Waals surface area contributed by atoms with E-state index in [1.54, 1.807) is 36.3 Å². The summed E-state index contributed by atoms with van der Waals surface area (Å²) in [6.45, 7) is 1.48. The summed E-state index contributed by atoms with van der Waals surface area (Å²) in [5.41, 5.74) is 3.45. The second kappa shape index (κ2) is 9.35. The first-order valence-corrected chi connectivity index (χ1v) is 12.5. The third-order valence-electron chi connectivity index (χ3n) is 7.39. The Morgan fingerprint density at radius 2 is 1.89 bits per heavy atom. The average molecular weight is 501 g/mol. The molecule has 0 aliphatic carbocycles. The number of nitrogens with one attached hydrogen (secondary N) is 1. The summed E-state index contributed by atoms with van der Waals surface area (Å²) in [7, 11) is 1.56. The number of carbonyl (C=O) groups excluding carboxylic acids is 2. The Morgan fingerprint density at radius 3 is 2.76 bits per heavy atom. The lowest BCUT2D eigenvalue weighted by Crippen LogP contribution is -2.40. The Morgan fingerprint density at radius 1 is 1.00 bits per heavy atom. The van der Waals surface area contributed by atoms with Gasteiger partial charge in [0.25, 0.3) is 5.91 Å². The number of aryl methyl sites for hydroxylation is 1. The zero-order valence-electron chi connectivity index (χ0n) is 20.5. The molecular weight excluding hydrogens is 472 g/mol. The van der Waals surface area contributed by atoms with Crippen molar-refractivity contribution in [2.45, 2.75) is 31.2 Å². The maximum absolute atomic E-state index is 13.5. The Labute approximate surface area is 214 Å². The highest BCUT2D eigenvalue weighted by atomic mass is 16.5. The molecule has 3 aliphatic heterocycles. The molecule has 3 aromatic rings. The number of benzene rings is 3. The zero-order valence-corrected chi connectivity index (χ0v) is 20.5. The molecule has 8 nitrogen and oxygen atoms in total. The molecule has 2 N–H and O–H groups in total. The smallest absolute Gasteiger partial charge is 0.253 e. The lowest BCUT2D eigenvalue weighted by molar-refractivity contribution is -0.121. The highest BCUT2D eigenvalue weighted by molar-refractivity contribution is 5.95. The highest BCUT2D eigenvalue weighted by Crippen LogP contribution is 2.40. The fraction of sp³-hybridized carbons (Fsp3) is 0.310. The van der Waals surface area contributed by atoms with Crippen molar-refractivity contribution >= 4 is 11.8 Å². The minimum Gasteiger partial charge on any atom is -0.504 e. The van der Waals surface area contributed by atoms with Crippen LogP contribution >= 0.6 is 0 Å². The van der Waals surface area contributed by atoms with E-state index in [1.807, 2.05) is 30.3 Å². The van der Waals surface area contributed by atoms with Crippen LogP contribution in [0.2, 0.25) is 0 Å². The van der Waals surface area contributed by atoms with E-state index in [0.717, 1.165) is 28.9 Å². The van der Waals surface area contributed by atoms with Gasteiger partial charge in [0.15, 0.2) is 23.0 Å². The van der Waals surface area contributed by atoms with Crippen molar-refractivity contribution in [2.24, 2.45) is 0 Å².